The zero-order valence-corrected chi connectivity index (χ0v) is 10.5. The topological polar surface area (TPSA) is 49.3 Å². The normalized spacial score (nSPS) is 10.2. The average Bonchev–Trinajstić information content (AvgIpc) is 2.34. The van der Waals surface area contributed by atoms with Crippen molar-refractivity contribution < 1.29 is 14.3 Å². The van der Waals surface area contributed by atoms with Gasteiger partial charge in [-0.2, -0.15) is 0 Å². The van der Waals surface area contributed by atoms with Gasteiger partial charge >= 0.3 is 0 Å². The number of amides is 1. The van der Waals surface area contributed by atoms with E-state index in [1.807, 2.05) is 0 Å². The fraction of sp³-hybridized carbons (Fsp3) is 0.133. The highest BCUT2D eigenvalue weighted by Gasteiger charge is 2.06. The number of anilines is 1. The van der Waals surface area contributed by atoms with Crippen LogP contribution in [0.1, 0.15) is 11.1 Å². The lowest BCUT2D eigenvalue weighted by molar-refractivity contribution is -0.115. The Morgan fingerprint density at radius 1 is 1.26 bits per heavy atom. The summed E-state index contributed by atoms with van der Waals surface area (Å²) >= 11 is 0. The first kappa shape index (κ1) is 13.1. The molecule has 2 rings (SSSR count). The molecule has 0 aliphatic carbocycles. The van der Waals surface area contributed by atoms with Gasteiger partial charge in [-0.1, -0.05) is 18.2 Å². The van der Waals surface area contributed by atoms with Gasteiger partial charge in [0.2, 0.25) is 5.91 Å². The molecule has 0 radical (unpaired) electrons. The van der Waals surface area contributed by atoms with Gasteiger partial charge in [-0.05, 0) is 36.2 Å². The molecule has 0 fully saturated rings. The van der Waals surface area contributed by atoms with Gasteiger partial charge in [0.25, 0.3) is 0 Å². The minimum atomic E-state index is -0.363. The molecule has 0 atom stereocenters. The molecule has 19 heavy (non-hydrogen) atoms. The van der Waals surface area contributed by atoms with Gasteiger partial charge in [0.1, 0.15) is 11.6 Å². The van der Waals surface area contributed by atoms with Crippen LogP contribution in [0.25, 0.3) is 0 Å². The summed E-state index contributed by atoms with van der Waals surface area (Å²) in [5.41, 5.74) is 1.86. The Labute approximate surface area is 110 Å². The number of carbonyl (C=O) groups is 1. The molecule has 4 heteroatoms. The van der Waals surface area contributed by atoms with Gasteiger partial charge in [-0.25, -0.2) is 4.39 Å². The van der Waals surface area contributed by atoms with Crippen molar-refractivity contribution >= 4 is 11.6 Å². The third kappa shape index (κ3) is 3.55. The van der Waals surface area contributed by atoms with Crippen molar-refractivity contribution in [1.29, 1.82) is 0 Å². The summed E-state index contributed by atoms with van der Waals surface area (Å²) in [4.78, 5) is 11.8. The molecular formula is C15H14FNO2. The van der Waals surface area contributed by atoms with E-state index in [9.17, 15) is 14.3 Å². The van der Waals surface area contributed by atoms with Gasteiger partial charge in [-0.15, -0.1) is 0 Å². The van der Waals surface area contributed by atoms with Crippen molar-refractivity contribution in [2.45, 2.75) is 13.3 Å². The fourth-order valence-electron chi connectivity index (χ4n) is 1.72. The zero-order valence-electron chi connectivity index (χ0n) is 10.5. The first-order chi connectivity index (χ1) is 9.04. The van der Waals surface area contributed by atoms with Crippen LogP contribution >= 0.6 is 0 Å². The number of aromatic hydroxyl groups is 1. The summed E-state index contributed by atoms with van der Waals surface area (Å²) in [6.45, 7) is 1.77. The predicted octanol–water partition coefficient (Wildman–Crippen LogP) is 3.02. The molecule has 0 bridgehead atoms. The molecule has 0 saturated heterocycles. The molecule has 3 nitrogen and oxygen atoms in total. The molecule has 0 aromatic heterocycles. The number of benzene rings is 2. The smallest absolute Gasteiger partial charge is 0.228 e. The first-order valence-electron chi connectivity index (χ1n) is 5.88. The number of phenolic OH excluding ortho intramolecular Hbond substituents is 1. The lowest BCUT2D eigenvalue weighted by Crippen LogP contribution is -2.14. The number of aryl methyl sites for hydroxylation is 1. The standard InChI is InChI=1S/C15H14FNO2/c1-10-5-6-13(9-14(10)18)17-15(19)8-11-3-2-4-12(16)7-11/h2-7,9,18H,8H2,1H3,(H,17,19). The van der Waals surface area contributed by atoms with E-state index in [0.29, 0.717) is 11.3 Å². The first-order valence-corrected chi connectivity index (χ1v) is 5.88. The molecule has 2 N–H and O–H groups in total. The van der Waals surface area contributed by atoms with Crippen molar-refractivity contribution in [1.82, 2.24) is 0 Å². The molecule has 0 aliphatic heterocycles. The quantitative estimate of drug-likeness (QED) is 0.890. The summed E-state index contributed by atoms with van der Waals surface area (Å²) in [5, 5.41) is 12.2. The third-order valence-corrected chi connectivity index (χ3v) is 2.75. The van der Waals surface area contributed by atoms with Crippen LogP contribution in [0.4, 0.5) is 10.1 Å². The van der Waals surface area contributed by atoms with Crippen molar-refractivity contribution in [3.63, 3.8) is 0 Å². The van der Waals surface area contributed by atoms with Gasteiger partial charge in [-0.3, -0.25) is 4.79 Å². The number of hydrogen-bond acceptors (Lipinski definition) is 2. The molecule has 2 aromatic carbocycles. The Bertz CT molecular complexity index is 611. The monoisotopic (exact) mass is 259 g/mol. The number of phenols is 1. The second-order valence-electron chi connectivity index (χ2n) is 4.36. The molecule has 98 valence electrons. The lowest BCUT2D eigenvalue weighted by Gasteiger charge is -2.07. The van der Waals surface area contributed by atoms with E-state index in [0.717, 1.165) is 5.56 Å². The molecule has 0 saturated carbocycles. The van der Waals surface area contributed by atoms with Crippen LogP contribution in [-0.4, -0.2) is 11.0 Å². The van der Waals surface area contributed by atoms with Crippen LogP contribution in [0.5, 0.6) is 5.75 Å². The second kappa shape index (κ2) is 5.52. The molecule has 0 aliphatic rings. The van der Waals surface area contributed by atoms with E-state index in [4.69, 9.17) is 0 Å². The third-order valence-electron chi connectivity index (χ3n) is 2.75. The van der Waals surface area contributed by atoms with E-state index in [2.05, 4.69) is 5.32 Å². The highest BCUT2D eigenvalue weighted by molar-refractivity contribution is 5.92. The number of hydrogen-bond donors (Lipinski definition) is 2. The largest absolute Gasteiger partial charge is 0.508 e. The van der Waals surface area contributed by atoms with E-state index in [-0.39, 0.29) is 23.9 Å². The summed E-state index contributed by atoms with van der Waals surface area (Å²) in [6, 6.07) is 10.8. The predicted molar refractivity (Wildman–Crippen MR) is 71.6 cm³/mol. The van der Waals surface area contributed by atoms with Crippen LogP contribution in [0.2, 0.25) is 0 Å². The molecule has 2 aromatic rings. The minimum absolute atomic E-state index is 0.0897. The zero-order chi connectivity index (χ0) is 13.8. The molecule has 0 unspecified atom stereocenters. The van der Waals surface area contributed by atoms with Gasteiger partial charge in [0.05, 0.1) is 6.42 Å². The maximum atomic E-state index is 13.0. The SMILES string of the molecule is Cc1ccc(NC(=O)Cc2cccc(F)c2)cc1O. The summed E-state index contributed by atoms with van der Waals surface area (Å²) < 4.78 is 13.0. The van der Waals surface area contributed by atoms with Crippen LogP contribution < -0.4 is 5.32 Å². The van der Waals surface area contributed by atoms with E-state index in [1.165, 1.54) is 18.2 Å². The average molecular weight is 259 g/mol. The number of carbonyl (C=O) groups excluding carboxylic acids is 1. The summed E-state index contributed by atoms with van der Waals surface area (Å²) in [7, 11) is 0. The summed E-state index contributed by atoms with van der Waals surface area (Å²) in [5.74, 6) is -0.490. The molecular weight excluding hydrogens is 245 g/mol. The van der Waals surface area contributed by atoms with Crippen molar-refractivity contribution in [3.8, 4) is 5.75 Å². The fourth-order valence-corrected chi connectivity index (χ4v) is 1.72. The van der Waals surface area contributed by atoms with E-state index >= 15 is 0 Å². The Hall–Kier alpha value is -2.36. The van der Waals surface area contributed by atoms with Gasteiger partial charge < -0.3 is 10.4 Å². The highest BCUT2D eigenvalue weighted by Crippen LogP contribution is 2.20. The lowest BCUT2D eigenvalue weighted by atomic mass is 10.1. The number of nitrogens with one attached hydrogen (secondary N) is 1. The highest BCUT2D eigenvalue weighted by atomic mass is 19.1. The van der Waals surface area contributed by atoms with Gasteiger partial charge in [0.15, 0.2) is 0 Å². The van der Waals surface area contributed by atoms with E-state index < -0.39 is 0 Å². The van der Waals surface area contributed by atoms with Gasteiger partial charge in [0, 0.05) is 11.8 Å². The number of halogens is 1. The van der Waals surface area contributed by atoms with E-state index in [1.54, 1.807) is 31.2 Å². The van der Waals surface area contributed by atoms with Crippen LogP contribution in [0.3, 0.4) is 0 Å². The summed E-state index contributed by atoms with van der Waals surface area (Å²) in [6.07, 6.45) is 0.0897. The Morgan fingerprint density at radius 3 is 2.74 bits per heavy atom. The van der Waals surface area contributed by atoms with Crippen LogP contribution in [-0.2, 0) is 11.2 Å². The van der Waals surface area contributed by atoms with Crippen molar-refractivity contribution in [2.75, 3.05) is 5.32 Å². The maximum absolute atomic E-state index is 13.0. The Kier molecular flexibility index (Phi) is 3.80. The van der Waals surface area contributed by atoms with Crippen molar-refractivity contribution in [2.24, 2.45) is 0 Å². The van der Waals surface area contributed by atoms with Crippen LogP contribution in [0.15, 0.2) is 42.5 Å². The van der Waals surface area contributed by atoms with Crippen molar-refractivity contribution in [3.05, 3.63) is 59.4 Å². The number of rotatable bonds is 3. The maximum Gasteiger partial charge on any atom is 0.228 e. The molecule has 0 heterocycles. The minimum Gasteiger partial charge on any atom is -0.508 e. The Balaban J connectivity index is 2.03. The molecule has 1 amide bonds. The molecule has 0 spiro atoms. The Morgan fingerprint density at radius 2 is 2.05 bits per heavy atom. The second-order valence-corrected chi connectivity index (χ2v) is 4.36. The van der Waals surface area contributed by atoms with Crippen LogP contribution in [0, 0.1) is 12.7 Å².